The van der Waals surface area contributed by atoms with Crippen molar-refractivity contribution in [1.29, 1.82) is 0 Å². The zero-order chi connectivity index (χ0) is 13.5. The molecule has 0 radical (unpaired) electrons. The molecule has 1 rings (SSSR count). The molecule has 1 amide bonds. The summed E-state index contributed by atoms with van der Waals surface area (Å²) in [6, 6.07) is 0. The number of hydrogen-bond donors (Lipinski definition) is 1. The van der Waals surface area contributed by atoms with Crippen LogP contribution in [0.3, 0.4) is 0 Å². The van der Waals surface area contributed by atoms with Crippen molar-refractivity contribution < 1.29 is 14.7 Å². The summed E-state index contributed by atoms with van der Waals surface area (Å²) in [5.41, 5.74) is 0.0975. The summed E-state index contributed by atoms with van der Waals surface area (Å²) >= 11 is 0. The van der Waals surface area contributed by atoms with Gasteiger partial charge in [-0.3, -0.25) is 9.48 Å². The van der Waals surface area contributed by atoms with Gasteiger partial charge < -0.3 is 10.0 Å². The normalized spacial score (nSPS) is 10.3. The molecule has 18 heavy (non-hydrogen) atoms. The standard InChI is InChI=1S/C12H19N3O3/c1-3-5-14(6-4-2)11(16)9-15-8-10(7-13-15)12(17)18/h7-8H,3-6,9H2,1-2H3,(H,17,18). The molecule has 1 aromatic heterocycles. The van der Waals surface area contributed by atoms with Crippen LogP contribution in [0.15, 0.2) is 12.4 Å². The minimum absolute atomic E-state index is 0.0289. The number of aromatic carboxylic acids is 1. The molecule has 0 unspecified atom stereocenters. The van der Waals surface area contributed by atoms with Crippen molar-refractivity contribution in [2.75, 3.05) is 13.1 Å². The topological polar surface area (TPSA) is 75.4 Å². The lowest BCUT2D eigenvalue weighted by Crippen LogP contribution is -2.35. The Hall–Kier alpha value is -1.85. The molecule has 0 aliphatic heterocycles. The Labute approximate surface area is 106 Å². The average Bonchev–Trinajstić information content (AvgIpc) is 2.77. The SMILES string of the molecule is CCCN(CCC)C(=O)Cn1cc(C(=O)O)cn1. The largest absolute Gasteiger partial charge is 0.478 e. The fraction of sp³-hybridized carbons (Fsp3) is 0.583. The van der Waals surface area contributed by atoms with Crippen LogP contribution in [0.25, 0.3) is 0 Å². The molecule has 0 aliphatic carbocycles. The maximum atomic E-state index is 12.0. The molecule has 1 aromatic rings. The molecule has 1 N–H and O–H groups in total. The first-order valence-corrected chi connectivity index (χ1v) is 6.12. The van der Waals surface area contributed by atoms with E-state index in [1.165, 1.54) is 17.1 Å². The van der Waals surface area contributed by atoms with Crippen LogP contribution in [0.1, 0.15) is 37.0 Å². The number of nitrogens with zero attached hydrogens (tertiary/aromatic N) is 3. The number of carboxylic acid groups (broad SMARTS) is 1. The zero-order valence-corrected chi connectivity index (χ0v) is 10.8. The monoisotopic (exact) mass is 253 g/mol. The van der Waals surface area contributed by atoms with Gasteiger partial charge in [0.05, 0.1) is 11.8 Å². The van der Waals surface area contributed by atoms with E-state index in [4.69, 9.17) is 5.11 Å². The van der Waals surface area contributed by atoms with Gasteiger partial charge in [0.15, 0.2) is 0 Å². The molecule has 0 aliphatic rings. The van der Waals surface area contributed by atoms with E-state index in [0.717, 1.165) is 25.9 Å². The van der Waals surface area contributed by atoms with Crippen LogP contribution in [0.2, 0.25) is 0 Å². The van der Waals surface area contributed by atoms with Crippen LogP contribution in [-0.4, -0.2) is 44.8 Å². The van der Waals surface area contributed by atoms with Crippen molar-refractivity contribution in [1.82, 2.24) is 14.7 Å². The molecule has 0 atom stereocenters. The molecule has 0 saturated heterocycles. The summed E-state index contributed by atoms with van der Waals surface area (Å²) in [5.74, 6) is -1.06. The Morgan fingerprint density at radius 1 is 1.33 bits per heavy atom. The van der Waals surface area contributed by atoms with Crippen molar-refractivity contribution >= 4 is 11.9 Å². The van der Waals surface area contributed by atoms with E-state index in [9.17, 15) is 9.59 Å². The zero-order valence-electron chi connectivity index (χ0n) is 10.8. The first kappa shape index (κ1) is 14.2. The summed E-state index contributed by atoms with van der Waals surface area (Å²) in [7, 11) is 0. The van der Waals surface area contributed by atoms with E-state index in [1.54, 1.807) is 4.90 Å². The predicted molar refractivity (Wildman–Crippen MR) is 66.3 cm³/mol. The van der Waals surface area contributed by atoms with Gasteiger partial charge in [-0.15, -0.1) is 0 Å². The van der Waals surface area contributed by atoms with Gasteiger partial charge in [-0.1, -0.05) is 13.8 Å². The highest BCUT2D eigenvalue weighted by atomic mass is 16.4. The van der Waals surface area contributed by atoms with Crippen molar-refractivity contribution in [2.24, 2.45) is 0 Å². The van der Waals surface area contributed by atoms with Crippen LogP contribution in [-0.2, 0) is 11.3 Å². The molecule has 0 fully saturated rings. The summed E-state index contributed by atoms with van der Waals surface area (Å²) in [4.78, 5) is 24.5. The third kappa shape index (κ3) is 3.87. The van der Waals surface area contributed by atoms with Gasteiger partial charge in [-0.25, -0.2) is 4.79 Å². The number of rotatable bonds is 7. The van der Waals surface area contributed by atoms with Gasteiger partial charge in [0.2, 0.25) is 5.91 Å². The maximum absolute atomic E-state index is 12.0. The molecule has 100 valence electrons. The highest BCUT2D eigenvalue weighted by Gasteiger charge is 2.14. The van der Waals surface area contributed by atoms with Crippen molar-refractivity contribution in [3.05, 3.63) is 18.0 Å². The lowest BCUT2D eigenvalue weighted by molar-refractivity contribution is -0.132. The fourth-order valence-corrected chi connectivity index (χ4v) is 1.70. The van der Waals surface area contributed by atoms with Gasteiger partial charge in [0.1, 0.15) is 6.54 Å². The Kier molecular flexibility index (Phi) is 5.35. The van der Waals surface area contributed by atoms with Crippen molar-refractivity contribution in [3.8, 4) is 0 Å². The second kappa shape index (κ2) is 6.78. The summed E-state index contributed by atoms with van der Waals surface area (Å²) in [6.07, 6.45) is 4.44. The van der Waals surface area contributed by atoms with E-state index in [0.29, 0.717) is 0 Å². The van der Waals surface area contributed by atoms with Crippen LogP contribution in [0, 0.1) is 0 Å². The molecule has 0 saturated carbocycles. The quantitative estimate of drug-likeness (QED) is 0.793. The maximum Gasteiger partial charge on any atom is 0.338 e. The minimum atomic E-state index is -1.03. The molecule has 0 bridgehead atoms. The smallest absolute Gasteiger partial charge is 0.338 e. The fourth-order valence-electron chi connectivity index (χ4n) is 1.70. The van der Waals surface area contributed by atoms with Crippen LogP contribution < -0.4 is 0 Å². The summed E-state index contributed by atoms with van der Waals surface area (Å²) in [6.45, 7) is 5.57. The Morgan fingerprint density at radius 3 is 2.39 bits per heavy atom. The highest BCUT2D eigenvalue weighted by Crippen LogP contribution is 2.01. The van der Waals surface area contributed by atoms with Gasteiger partial charge in [-0.2, -0.15) is 5.10 Å². The molecule has 0 spiro atoms. The van der Waals surface area contributed by atoms with E-state index in [2.05, 4.69) is 5.10 Å². The number of amides is 1. The van der Waals surface area contributed by atoms with E-state index < -0.39 is 5.97 Å². The van der Waals surface area contributed by atoms with Gasteiger partial charge in [0, 0.05) is 19.3 Å². The predicted octanol–water partition coefficient (Wildman–Crippen LogP) is 1.23. The molecule has 1 heterocycles. The Bertz CT molecular complexity index is 408. The van der Waals surface area contributed by atoms with E-state index in [1.807, 2.05) is 13.8 Å². The number of aromatic nitrogens is 2. The molecule has 0 aromatic carbocycles. The number of carbonyl (C=O) groups excluding carboxylic acids is 1. The Balaban J connectivity index is 2.63. The molecular weight excluding hydrogens is 234 g/mol. The highest BCUT2D eigenvalue weighted by molar-refractivity contribution is 5.87. The van der Waals surface area contributed by atoms with E-state index >= 15 is 0 Å². The second-order valence-electron chi connectivity index (χ2n) is 4.11. The number of carboxylic acids is 1. The number of carbonyl (C=O) groups is 2. The van der Waals surface area contributed by atoms with Crippen LogP contribution in [0.4, 0.5) is 0 Å². The van der Waals surface area contributed by atoms with Crippen molar-refractivity contribution in [2.45, 2.75) is 33.2 Å². The minimum Gasteiger partial charge on any atom is -0.478 e. The summed E-state index contributed by atoms with van der Waals surface area (Å²) < 4.78 is 1.37. The third-order valence-corrected chi connectivity index (χ3v) is 2.52. The number of hydrogen-bond acceptors (Lipinski definition) is 3. The molecular formula is C12H19N3O3. The molecule has 6 heteroatoms. The van der Waals surface area contributed by atoms with Gasteiger partial charge in [-0.05, 0) is 12.8 Å². The lowest BCUT2D eigenvalue weighted by Gasteiger charge is -2.21. The Morgan fingerprint density at radius 2 is 1.94 bits per heavy atom. The first-order valence-electron chi connectivity index (χ1n) is 6.12. The van der Waals surface area contributed by atoms with Gasteiger partial charge >= 0.3 is 5.97 Å². The average molecular weight is 253 g/mol. The third-order valence-electron chi connectivity index (χ3n) is 2.52. The second-order valence-corrected chi connectivity index (χ2v) is 4.11. The lowest BCUT2D eigenvalue weighted by atomic mass is 10.3. The van der Waals surface area contributed by atoms with Crippen LogP contribution >= 0.6 is 0 Å². The van der Waals surface area contributed by atoms with Crippen molar-refractivity contribution in [3.63, 3.8) is 0 Å². The van der Waals surface area contributed by atoms with Gasteiger partial charge in [0.25, 0.3) is 0 Å². The van der Waals surface area contributed by atoms with E-state index in [-0.39, 0.29) is 18.0 Å². The first-order chi connectivity index (χ1) is 8.58. The van der Waals surface area contributed by atoms with Crippen LogP contribution in [0.5, 0.6) is 0 Å². The molecule has 6 nitrogen and oxygen atoms in total. The summed E-state index contributed by atoms with van der Waals surface area (Å²) in [5, 5.41) is 12.6.